The Balaban J connectivity index is 1.99. The third-order valence-electron chi connectivity index (χ3n) is 3.52. The fraction of sp³-hybridized carbons (Fsp3) is 0.583. The first-order valence-corrected chi connectivity index (χ1v) is 7.11. The highest BCUT2D eigenvalue weighted by Gasteiger charge is 2.23. The summed E-state index contributed by atoms with van der Waals surface area (Å²) in [5, 5.41) is 5.15. The molecule has 2 N–H and O–H groups in total. The Morgan fingerprint density at radius 1 is 1.28 bits per heavy atom. The van der Waals surface area contributed by atoms with Gasteiger partial charge in [-0.1, -0.05) is 24.2 Å². The van der Waals surface area contributed by atoms with E-state index in [-0.39, 0.29) is 0 Å². The van der Waals surface area contributed by atoms with Gasteiger partial charge in [0.2, 0.25) is 0 Å². The molecule has 0 bridgehead atoms. The van der Waals surface area contributed by atoms with Crippen LogP contribution in [0.4, 0.5) is 5.13 Å². The lowest BCUT2D eigenvalue weighted by molar-refractivity contribution is 0.648. The molecule has 96 valence electrons. The summed E-state index contributed by atoms with van der Waals surface area (Å²) in [5.41, 5.74) is 6.68. The van der Waals surface area contributed by atoms with Gasteiger partial charge in [-0.2, -0.15) is 5.10 Å². The van der Waals surface area contributed by atoms with E-state index in [1.165, 1.54) is 37.0 Å². The summed E-state index contributed by atoms with van der Waals surface area (Å²) >= 11 is 1.48. The fourth-order valence-corrected chi connectivity index (χ4v) is 3.44. The summed E-state index contributed by atoms with van der Waals surface area (Å²) in [5.74, 6) is 2.41. The molecule has 6 heteroatoms. The number of thiazole rings is 1. The van der Waals surface area contributed by atoms with E-state index in [9.17, 15) is 0 Å². The number of hydrogen-bond acceptors (Lipinski definition) is 5. The summed E-state index contributed by atoms with van der Waals surface area (Å²) in [6, 6.07) is 0. The quantitative estimate of drug-likeness (QED) is 0.903. The molecule has 0 saturated heterocycles. The van der Waals surface area contributed by atoms with Crippen molar-refractivity contribution in [2.24, 2.45) is 7.05 Å². The maximum Gasteiger partial charge on any atom is 0.180 e. The van der Waals surface area contributed by atoms with Crippen LogP contribution in [0.25, 0.3) is 10.7 Å². The van der Waals surface area contributed by atoms with Crippen molar-refractivity contribution in [3.8, 4) is 10.7 Å². The van der Waals surface area contributed by atoms with Gasteiger partial charge in [0.25, 0.3) is 0 Å². The highest BCUT2D eigenvalue weighted by atomic mass is 32.1. The van der Waals surface area contributed by atoms with Gasteiger partial charge in [0.15, 0.2) is 16.8 Å². The fourth-order valence-electron chi connectivity index (χ4n) is 2.58. The molecule has 1 saturated carbocycles. The molecule has 0 aromatic carbocycles. The van der Waals surface area contributed by atoms with Crippen LogP contribution >= 0.6 is 11.3 Å². The Bertz CT molecular complexity index is 565. The third-order valence-corrected chi connectivity index (χ3v) is 4.50. The number of nitrogens with zero attached hydrogens (tertiary/aromatic N) is 4. The van der Waals surface area contributed by atoms with Crippen LogP contribution in [0.1, 0.15) is 43.1 Å². The van der Waals surface area contributed by atoms with Crippen LogP contribution in [0.5, 0.6) is 0 Å². The molecular weight excluding hydrogens is 246 g/mol. The van der Waals surface area contributed by atoms with Crippen LogP contribution in [-0.2, 0) is 7.05 Å². The summed E-state index contributed by atoms with van der Waals surface area (Å²) in [4.78, 5) is 9.99. The first-order valence-electron chi connectivity index (χ1n) is 6.29. The maximum absolute atomic E-state index is 5.75. The average molecular weight is 263 g/mol. The van der Waals surface area contributed by atoms with Gasteiger partial charge in [-0.15, -0.1) is 0 Å². The SMILES string of the molecule is Cc1nc(N)sc1-c1nc(C2CCCC2)nn1C. The number of nitrogens with two attached hydrogens (primary N) is 1. The average Bonchev–Trinajstić information content (AvgIpc) is 2.98. The van der Waals surface area contributed by atoms with Crippen molar-refractivity contribution in [3.63, 3.8) is 0 Å². The largest absolute Gasteiger partial charge is 0.375 e. The van der Waals surface area contributed by atoms with Crippen molar-refractivity contribution in [1.29, 1.82) is 0 Å². The van der Waals surface area contributed by atoms with Crippen LogP contribution in [0, 0.1) is 6.92 Å². The Morgan fingerprint density at radius 3 is 2.61 bits per heavy atom. The van der Waals surface area contributed by atoms with E-state index in [0.717, 1.165) is 22.2 Å². The Hall–Kier alpha value is -1.43. The van der Waals surface area contributed by atoms with E-state index in [0.29, 0.717) is 11.0 Å². The number of nitrogen functional groups attached to an aromatic ring is 1. The second-order valence-electron chi connectivity index (χ2n) is 4.87. The molecule has 2 heterocycles. The predicted octanol–water partition coefficient (Wildman–Crippen LogP) is 2.49. The van der Waals surface area contributed by atoms with Crippen molar-refractivity contribution >= 4 is 16.5 Å². The zero-order valence-corrected chi connectivity index (χ0v) is 11.5. The molecule has 5 nitrogen and oxygen atoms in total. The van der Waals surface area contributed by atoms with Gasteiger partial charge in [0.05, 0.1) is 10.6 Å². The Morgan fingerprint density at radius 2 is 2.00 bits per heavy atom. The zero-order valence-electron chi connectivity index (χ0n) is 10.7. The van der Waals surface area contributed by atoms with Gasteiger partial charge in [-0.3, -0.25) is 0 Å². The molecule has 1 aliphatic rings. The maximum atomic E-state index is 5.75. The first-order chi connectivity index (χ1) is 8.65. The van der Waals surface area contributed by atoms with Crippen LogP contribution in [0.15, 0.2) is 0 Å². The predicted molar refractivity (Wildman–Crippen MR) is 72.5 cm³/mol. The van der Waals surface area contributed by atoms with Crippen molar-refractivity contribution in [2.75, 3.05) is 5.73 Å². The topological polar surface area (TPSA) is 69.6 Å². The molecule has 0 radical (unpaired) electrons. The highest BCUT2D eigenvalue weighted by molar-refractivity contribution is 7.18. The molecule has 2 aromatic heterocycles. The second kappa shape index (κ2) is 4.35. The second-order valence-corrected chi connectivity index (χ2v) is 5.90. The summed E-state index contributed by atoms with van der Waals surface area (Å²) in [6.45, 7) is 1.96. The monoisotopic (exact) mass is 263 g/mol. The lowest BCUT2D eigenvalue weighted by Gasteiger charge is -2.00. The van der Waals surface area contributed by atoms with Gasteiger partial charge < -0.3 is 5.73 Å². The molecule has 0 unspecified atom stereocenters. The van der Waals surface area contributed by atoms with Crippen LogP contribution < -0.4 is 5.73 Å². The molecule has 0 aliphatic heterocycles. The van der Waals surface area contributed by atoms with E-state index in [1.807, 2.05) is 18.7 Å². The minimum Gasteiger partial charge on any atom is -0.375 e. The smallest absolute Gasteiger partial charge is 0.180 e. The number of hydrogen-bond donors (Lipinski definition) is 1. The van der Waals surface area contributed by atoms with Gasteiger partial charge >= 0.3 is 0 Å². The molecule has 1 aliphatic carbocycles. The summed E-state index contributed by atoms with van der Waals surface area (Å²) in [7, 11) is 1.94. The summed E-state index contributed by atoms with van der Waals surface area (Å²) < 4.78 is 1.85. The van der Waals surface area contributed by atoms with E-state index in [1.54, 1.807) is 0 Å². The van der Waals surface area contributed by atoms with E-state index < -0.39 is 0 Å². The van der Waals surface area contributed by atoms with Gasteiger partial charge in [-0.25, -0.2) is 14.6 Å². The molecule has 0 spiro atoms. The van der Waals surface area contributed by atoms with Gasteiger partial charge in [0.1, 0.15) is 0 Å². The zero-order chi connectivity index (χ0) is 12.7. The van der Waals surface area contributed by atoms with Crippen molar-refractivity contribution < 1.29 is 0 Å². The van der Waals surface area contributed by atoms with Crippen molar-refractivity contribution in [2.45, 2.75) is 38.5 Å². The molecule has 0 amide bonds. The number of aryl methyl sites for hydroxylation is 2. The minimum atomic E-state index is 0.538. The summed E-state index contributed by atoms with van der Waals surface area (Å²) in [6.07, 6.45) is 5.02. The first kappa shape index (κ1) is 11.6. The van der Waals surface area contributed by atoms with E-state index >= 15 is 0 Å². The van der Waals surface area contributed by atoms with Crippen LogP contribution in [0.2, 0.25) is 0 Å². The van der Waals surface area contributed by atoms with Crippen molar-refractivity contribution in [1.82, 2.24) is 19.7 Å². The van der Waals surface area contributed by atoms with Gasteiger partial charge in [0, 0.05) is 13.0 Å². The molecule has 3 rings (SSSR count). The number of anilines is 1. The Kier molecular flexibility index (Phi) is 2.81. The molecule has 0 atom stereocenters. The Labute approximate surface area is 110 Å². The minimum absolute atomic E-state index is 0.538. The van der Waals surface area contributed by atoms with Crippen molar-refractivity contribution in [3.05, 3.63) is 11.5 Å². The molecule has 18 heavy (non-hydrogen) atoms. The number of rotatable bonds is 2. The van der Waals surface area contributed by atoms with Gasteiger partial charge in [-0.05, 0) is 19.8 Å². The molecular formula is C12H17N5S. The third kappa shape index (κ3) is 1.90. The normalized spacial score (nSPS) is 16.6. The lowest BCUT2D eigenvalue weighted by Crippen LogP contribution is -1.97. The lowest BCUT2D eigenvalue weighted by atomic mass is 10.1. The van der Waals surface area contributed by atoms with E-state index in [2.05, 4.69) is 10.1 Å². The standard InChI is InChI=1S/C12H17N5S/c1-7-9(18-12(13)14-7)11-15-10(16-17(11)2)8-5-3-4-6-8/h8H,3-6H2,1-2H3,(H2,13,14). The van der Waals surface area contributed by atoms with Crippen LogP contribution in [-0.4, -0.2) is 19.7 Å². The number of aromatic nitrogens is 4. The van der Waals surface area contributed by atoms with Crippen LogP contribution in [0.3, 0.4) is 0 Å². The highest BCUT2D eigenvalue weighted by Crippen LogP contribution is 2.35. The molecule has 2 aromatic rings. The molecule has 1 fully saturated rings. The van der Waals surface area contributed by atoms with E-state index in [4.69, 9.17) is 10.7 Å².